The van der Waals surface area contributed by atoms with Gasteiger partial charge in [0.15, 0.2) is 21.4 Å². The first-order valence-corrected chi connectivity index (χ1v) is 9.36. The number of ether oxygens (including phenoxy) is 1. The standard InChI is InChI=1S/C10H12ClFO5S2/c1-2-18(13,14)6-5-17-10-4-3-8(7-9(10)12)19(11,15)16/h3-4,7H,2,5-6H2,1H3. The van der Waals surface area contributed by atoms with Gasteiger partial charge in [-0.3, -0.25) is 0 Å². The molecule has 0 aliphatic rings. The average Bonchev–Trinajstić information content (AvgIpc) is 2.30. The third-order valence-electron chi connectivity index (χ3n) is 2.28. The fourth-order valence-electron chi connectivity index (χ4n) is 1.17. The van der Waals surface area contributed by atoms with Crippen molar-refractivity contribution in [3.05, 3.63) is 24.0 Å². The van der Waals surface area contributed by atoms with Gasteiger partial charge in [0.1, 0.15) is 6.61 Å². The fraction of sp³-hybridized carbons (Fsp3) is 0.400. The second kappa shape index (κ2) is 6.06. The van der Waals surface area contributed by atoms with Crippen LogP contribution >= 0.6 is 10.7 Å². The van der Waals surface area contributed by atoms with Crippen LogP contribution in [0.1, 0.15) is 6.92 Å². The van der Waals surface area contributed by atoms with E-state index in [0.29, 0.717) is 6.07 Å². The molecule has 0 aromatic heterocycles. The molecule has 0 unspecified atom stereocenters. The number of hydrogen-bond acceptors (Lipinski definition) is 5. The maximum atomic E-state index is 13.5. The monoisotopic (exact) mass is 330 g/mol. The second-order valence-corrected chi connectivity index (χ2v) is 8.65. The summed E-state index contributed by atoms with van der Waals surface area (Å²) in [5, 5.41) is 0. The van der Waals surface area contributed by atoms with Crippen molar-refractivity contribution >= 4 is 29.6 Å². The Morgan fingerprint density at radius 3 is 2.37 bits per heavy atom. The van der Waals surface area contributed by atoms with Crippen LogP contribution in [0.4, 0.5) is 4.39 Å². The Kier molecular flexibility index (Phi) is 5.17. The predicted octanol–water partition coefficient (Wildman–Crippen LogP) is 1.57. The summed E-state index contributed by atoms with van der Waals surface area (Å²) in [5.74, 6) is -1.41. The van der Waals surface area contributed by atoms with E-state index in [2.05, 4.69) is 0 Å². The highest BCUT2D eigenvalue weighted by molar-refractivity contribution is 8.13. The zero-order chi connectivity index (χ0) is 14.7. The Morgan fingerprint density at radius 2 is 1.89 bits per heavy atom. The highest BCUT2D eigenvalue weighted by Gasteiger charge is 2.14. The van der Waals surface area contributed by atoms with Crippen molar-refractivity contribution < 1.29 is 26.0 Å². The molecule has 0 spiro atoms. The molecule has 5 nitrogen and oxygen atoms in total. The van der Waals surface area contributed by atoms with E-state index in [1.807, 2.05) is 0 Å². The molecule has 19 heavy (non-hydrogen) atoms. The van der Waals surface area contributed by atoms with E-state index in [1.165, 1.54) is 6.92 Å². The minimum Gasteiger partial charge on any atom is -0.489 e. The zero-order valence-corrected chi connectivity index (χ0v) is 12.4. The zero-order valence-electron chi connectivity index (χ0n) is 9.97. The molecule has 0 saturated heterocycles. The number of benzene rings is 1. The summed E-state index contributed by atoms with van der Waals surface area (Å²) >= 11 is 0. The molecule has 0 heterocycles. The van der Waals surface area contributed by atoms with Crippen LogP contribution in [0.25, 0.3) is 0 Å². The third kappa shape index (κ3) is 4.96. The summed E-state index contributed by atoms with van der Waals surface area (Å²) in [6, 6.07) is 2.88. The first-order chi connectivity index (χ1) is 8.65. The lowest BCUT2D eigenvalue weighted by molar-refractivity contribution is 0.322. The largest absolute Gasteiger partial charge is 0.489 e. The molecular formula is C10H12ClFO5S2. The normalized spacial score (nSPS) is 12.4. The summed E-state index contributed by atoms with van der Waals surface area (Å²) < 4.78 is 62.7. The molecule has 1 rings (SSSR count). The Balaban J connectivity index is 2.77. The van der Waals surface area contributed by atoms with Crippen LogP contribution in [0.3, 0.4) is 0 Å². The van der Waals surface area contributed by atoms with Crippen molar-refractivity contribution in [1.29, 1.82) is 0 Å². The van der Waals surface area contributed by atoms with E-state index < -0.39 is 24.7 Å². The maximum Gasteiger partial charge on any atom is 0.261 e. The van der Waals surface area contributed by atoms with Gasteiger partial charge in [-0.15, -0.1) is 0 Å². The molecule has 9 heteroatoms. The average molecular weight is 331 g/mol. The van der Waals surface area contributed by atoms with Crippen molar-refractivity contribution in [2.24, 2.45) is 0 Å². The van der Waals surface area contributed by atoms with Gasteiger partial charge in [0.2, 0.25) is 0 Å². The molecule has 0 aliphatic carbocycles. The van der Waals surface area contributed by atoms with Gasteiger partial charge in [-0.05, 0) is 18.2 Å². The molecule has 0 aliphatic heterocycles. The van der Waals surface area contributed by atoms with Crippen LogP contribution in [0.2, 0.25) is 0 Å². The highest BCUT2D eigenvalue weighted by atomic mass is 35.7. The van der Waals surface area contributed by atoms with Gasteiger partial charge in [0.25, 0.3) is 9.05 Å². The van der Waals surface area contributed by atoms with E-state index >= 15 is 0 Å². The van der Waals surface area contributed by atoms with Gasteiger partial charge in [-0.25, -0.2) is 21.2 Å². The van der Waals surface area contributed by atoms with Crippen LogP contribution in [0.5, 0.6) is 5.75 Å². The minimum absolute atomic E-state index is 0.0255. The van der Waals surface area contributed by atoms with Crippen LogP contribution in [0.15, 0.2) is 23.1 Å². The van der Waals surface area contributed by atoms with Gasteiger partial charge < -0.3 is 4.74 Å². The fourth-order valence-corrected chi connectivity index (χ4v) is 2.56. The van der Waals surface area contributed by atoms with E-state index in [1.54, 1.807) is 0 Å². The van der Waals surface area contributed by atoms with E-state index in [9.17, 15) is 21.2 Å². The molecule has 0 bridgehead atoms. The summed E-state index contributed by atoms with van der Waals surface area (Å²) in [7, 11) is -2.16. The number of rotatable bonds is 6. The molecule has 0 saturated carbocycles. The molecular weight excluding hydrogens is 319 g/mol. The summed E-state index contributed by atoms with van der Waals surface area (Å²) in [6.45, 7) is 1.29. The molecule has 1 aromatic rings. The van der Waals surface area contributed by atoms with Crippen LogP contribution in [-0.4, -0.2) is 34.9 Å². The summed E-state index contributed by atoms with van der Waals surface area (Å²) in [6.07, 6.45) is 0. The SMILES string of the molecule is CCS(=O)(=O)CCOc1ccc(S(=O)(=O)Cl)cc1F. The lowest BCUT2D eigenvalue weighted by Gasteiger charge is -2.07. The Labute approximate surface area is 115 Å². The maximum absolute atomic E-state index is 13.5. The summed E-state index contributed by atoms with van der Waals surface area (Å²) in [5.41, 5.74) is 0. The lowest BCUT2D eigenvalue weighted by atomic mass is 10.3. The quantitative estimate of drug-likeness (QED) is 0.740. The van der Waals surface area contributed by atoms with Gasteiger partial charge in [-0.1, -0.05) is 6.92 Å². The topological polar surface area (TPSA) is 77.5 Å². The molecule has 0 atom stereocenters. The minimum atomic E-state index is -4.01. The highest BCUT2D eigenvalue weighted by Crippen LogP contribution is 2.23. The molecule has 0 N–H and O–H groups in total. The molecule has 0 radical (unpaired) electrons. The third-order valence-corrected chi connectivity index (χ3v) is 5.30. The molecule has 108 valence electrons. The second-order valence-electron chi connectivity index (χ2n) is 3.61. The Bertz CT molecular complexity index is 654. The number of hydrogen-bond donors (Lipinski definition) is 0. The summed E-state index contributed by atoms with van der Waals surface area (Å²) in [4.78, 5) is -0.389. The van der Waals surface area contributed by atoms with Crippen LogP contribution in [-0.2, 0) is 18.9 Å². The number of halogens is 2. The van der Waals surface area contributed by atoms with Gasteiger partial charge in [0.05, 0.1) is 10.6 Å². The van der Waals surface area contributed by atoms with Crippen molar-refractivity contribution in [1.82, 2.24) is 0 Å². The van der Waals surface area contributed by atoms with Crippen molar-refractivity contribution in [3.8, 4) is 5.75 Å². The van der Waals surface area contributed by atoms with E-state index in [0.717, 1.165) is 12.1 Å². The van der Waals surface area contributed by atoms with Crippen LogP contribution < -0.4 is 4.74 Å². The Morgan fingerprint density at radius 1 is 1.26 bits per heavy atom. The van der Waals surface area contributed by atoms with E-state index in [-0.39, 0.29) is 28.8 Å². The molecule has 0 fully saturated rings. The van der Waals surface area contributed by atoms with Gasteiger partial charge >= 0.3 is 0 Å². The van der Waals surface area contributed by atoms with Crippen LogP contribution in [0, 0.1) is 5.82 Å². The Hall–Kier alpha value is -0.860. The predicted molar refractivity (Wildman–Crippen MR) is 69.3 cm³/mol. The van der Waals surface area contributed by atoms with Crippen molar-refractivity contribution in [2.45, 2.75) is 11.8 Å². The van der Waals surface area contributed by atoms with Gasteiger partial charge in [0, 0.05) is 16.4 Å². The first-order valence-electron chi connectivity index (χ1n) is 5.23. The number of sulfone groups is 1. The first kappa shape index (κ1) is 16.2. The molecule has 0 amide bonds. The van der Waals surface area contributed by atoms with Gasteiger partial charge in [-0.2, -0.15) is 0 Å². The molecule has 1 aromatic carbocycles. The van der Waals surface area contributed by atoms with E-state index in [4.69, 9.17) is 15.4 Å². The smallest absolute Gasteiger partial charge is 0.261 e. The lowest BCUT2D eigenvalue weighted by Crippen LogP contribution is -2.16. The van der Waals surface area contributed by atoms with Crippen molar-refractivity contribution in [3.63, 3.8) is 0 Å². The van der Waals surface area contributed by atoms with Crippen molar-refractivity contribution in [2.75, 3.05) is 18.1 Å².